The van der Waals surface area contributed by atoms with Crippen molar-refractivity contribution in [1.82, 2.24) is 15.5 Å². The van der Waals surface area contributed by atoms with Gasteiger partial charge in [0.1, 0.15) is 0 Å². The van der Waals surface area contributed by atoms with E-state index in [1.807, 2.05) is 0 Å². The van der Waals surface area contributed by atoms with E-state index in [1.165, 1.54) is 0 Å². The number of rotatable bonds is 13. The smallest absolute Gasteiger partial charge is 0.225 e. The molecule has 1 aliphatic heterocycles. The second-order valence-electron chi connectivity index (χ2n) is 6.18. The molecule has 1 fully saturated rings. The molecule has 0 unspecified atom stereocenters. The molecule has 0 aromatic heterocycles. The normalized spacial score (nSPS) is 16.0. The lowest BCUT2D eigenvalue weighted by Crippen LogP contribution is -2.54. The Labute approximate surface area is 134 Å². The average Bonchev–Trinajstić information content (AvgIpc) is 2.44. The van der Waals surface area contributed by atoms with Crippen molar-refractivity contribution in [1.29, 1.82) is 0 Å². The summed E-state index contributed by atoms with van der Waals surface area (Å²) in [6.45, 7) is 14.2. The van der Waals surface area contributed by atoms with E-state index in [4.69, 9.17) is 9.47 Å². The molecule has 1 rings (SSSR count). The number of carbonyl (C=O) groups is 1. The predicted molar refractivity (Wildman–Crippen MR) is 88.0 cm³/mol. The lowest BCUT2D eigenvalue weighted by Gasteiger charge is -2.39. The molecule has 6 heteroatoms. The van der Waals surface area contributed by atoms with E-state index in [1.54, 1.807) is 0 Å². The van der Waals surface area contributed by atoms with Crippen LogP contribution in [0.25, 0.3) is 0 Å². The number of amides is 1. The third kappa shape index (κ3) is 8.68. The van der Waals surface area contributed by atoms with Gasteiger partial charge in [-0.1, -0.05) is 20.8 Å². The molecule has 0 aliphatic carbocycles. The van der Waals surface area contributed by atoms with Crippen LogP contribution < -0.4 is 10.6 Å². The molecule has 0 aromatic carbocycles. The van der Waals surface area contributed by atoms with Crippen molar-refractivity contribution in [2.75, 3.05) is 65.7 Å². The Balaban J connectivity index is 1.84. The first kappa shape index (κ1) is 19.4. The maximum atomic E-state index is 11.9. The van der Waals surface area contributed by atoms with E-state index in [-0.39, 0.29) is 11.8 Å². The lowest BCUT2D eigenvalue weighted by atomic mass is 9.98. The summed E-state index contributed by atoms with van der Waals surface area (Å²) in [5.41, 5.74) is 0. The van der Waals surface area contributed by atoms with Crippen molar-refractivity contribution in [2.45, 2.75) is 20.8 Å². The van der Waals surface area contributed by atoms with Gasteiger partial charge in [-0.3, -0.25) is 4.79 Å². The summed E-state index contributed by atoms with van der Waals surface area (Å²) in [7, 11) is 0. The maximum absolute atomic E-state index is 11.9. The minimum absolute atomic E-state index is 0.158. The van der Waals surface area contributed by atoms with E-state index < -0.39 is 0 Å². The maximum Gasteiger partial charge on any atom is 0.225 e. The molecule has 0 bridgehead atoms. The van der Waals surface area contributed by atoms with Crippen molar-refractivity contribution in [3.63, 3.8) is 0 Å². The number of hydrogen-bond acceptors (Lipinski definition) is 5. The van der Waals surface area contributed by atoms with Crippen LogP contribution in [0.3, 0.4) is 0 Å². The lowest BCUT2D eigenvalue weighted by molar-refractivity contribution is -0.130. The van der Waals surface area contributed by atoms with Crippen LogP contribution in [0.2, 0.25) is 0 Å². The Kier molecular flexibility index (Phi) is 10.4. The van der Waals surface area contributed by atoms with E-state index in [0.717, 1.165) is 32.7 Å². The Hall–Kier alpha value is -0.690. The second-order valence-corrected chi connectivity index (χ2v) is 6.18. The number of nitrogens with zero attached hydrogens (tertiary/aromatic N) is 1. The van der Waals surface area contributed by atoms with Crippen LogP contribution in [-0.4, -0.2) is 76.5 Å². The Morgan fingerprint density at radius 1 is 1.14 bits per heavy atom. The fourth-order valence-electron chi connectivity index (χ4n) is 2.43. The van der Waals surface area contributed by atoms with Crippen LogP contribution in [0.5, 0.6) is 0 Å². The van der Waals surface area contributed by atoms with Gasteiger partial charge in [0.25, 0.3) is 0 Å². The van der Waals surface area contributed by atoms with Crippen LogP contribution in [0.1, 0.15) is 20.8 Å². The Morgan fingerprint density at radius 2 is 1.77 bits per heavy atom. The molecule has 6 nitrogen and oxygen atoms in total. The molecule has 1 heterocycles. The van der Waals surface area contributed by atoms with Crippen molar-refractivity contribution >= 4 is 5.91 Å². The summed E-state index contributed by atoms with van der Waals surface area (Å²) in [5, 5.41) is 6.13. The van der Waals surface area contributed by atoms with Crippen LogP contribution in [-0.2, 0) is 14.3 Å². The highest BCUT2D eigenvalue weighted by Crippen LogP contribution is 2.16. The molecular weight excluding hydrogens is 282 g/mol. The first-order valence-electron chi connectivity index (χ1n) is 8.49. The number of carbonyl (C=O) groups excluding carboxylic acids is 1. The summed E-state index contributed by atoms with van der Waals surface area (Å²) in [5.74, 6) is 0.982. The van der Waals surface area contributed by atoms with Crippen LogP contribution in [0, 0.1) is 11.8 Å². The van der Waals surface area contributed by atoms with Gasteiger partial charge < -0.3 is 25.0 Å². The second kappa shape index (κ2) is 11.8. The number of nitrogens with one attached hydrogen (secondary N) is 2. The Morgan fingerprint density at radius 3 is 2.36 bits per heavy atom. The van der Waals surface area contributed by atoms with Crippen molar-refractivity contribution in [3.05, 3.63) is 0 Å². The molecule has 1 aliphatic rings. The molecule has 130 valence electrons. The molecule has 1 saturated heterocycles. The van der Waals surface area contributed by atoms with Gasteiger partial charge in [0.05, 0.1) is 32.3 Å². The highest BCUT2D eigenvalue weighted by molar-refractivity contribution is 5.79. The SMILES string of the molecule is CCNCCOCCOCCNC(=O)C1CN(CC(C)C)C1. The van der Waals surface area contributed by atoms with Gasteiger partial charge in [0, 0.05) is 32.7 Å². The van der Waals surface area contributed by atoms with Crippen molar-refractivity contribution in [3.8, 4) is 0 Å². The monoisotopic (exact) mass is 315 g/mol. The van der Waals surface area contributed by atoms with Gasteiger partial charge in [-0.05, 0) is 12.5 Å². The summed E-state index contributed by atoms with van der Waals surface area (Å²) in [6.07, 6.45) is 0. The van der Waals surface area contributed by atoms with E-state index in [9.17, 15) is 4.79 Å². The first-order valence-corrected chi connectivity index (χ1v) is 8.49. The molecule has 0 saturated carbocycles. The number of ether oxygens (including phenoxy) is 2. The minimum atomic E-state index is 0.158. The predicted octanol–water partition coefficient (Wildman–Crippen LogP) is 0.333. The molecule has 2 N–H and O–H groups in total. The highest BCUT2D eigenvalue weighted by Gasteiger charge is 2.32. The fraction of sp³-hybridized carbons (Fsp3) is 0.938. The van der Waals surface area contributed by atoms with E-state index in [0.29, 0.717) is 38.9 Å². The summed E-state index contributed by atoms with van der Waals surface area (Å²) in [6, 6.07) is 0. The molecular formula is C16H33N3O3. The third-order valence-corrected chi connectivity index (χ3v) is 3.54. The Bertz CT molecular complexity index is 294. The molecule has 0 aromatic rings. The third-order valence-electron chi connectivity index (χ3n) is 3.54. The standard InChI is InChI=1S/C16H33N3O3/c1-4-17-5-7-21-9-10-22-8-6-18-16(20)15-12-19(13-15)11-14(2)3/h14-15,17H,4-13H2,1-3H3,(H,18,20). The van der Waals surface area contributed by atoms with E-state index in [2.05, 4.69) is 36.3 Å². The van der Waals surface area contributed by atoms with Crippen LogP contribution >= 0.6 is 0 Å². The number of likely N-dealkylation sites (N-methyl/N-ethyl adjacent to an activating group) is 1. The molecule has 22 heavy (non-hydrogen) atoms. The van der Waals surface area contributed by atoms with Gasteiger partial charge in [-0.2, -0.15) is 0 Å². The van der Waals surface area contributed by atoms with Crippen molar-refractivity contribution in [2.24, 2.45) is 11.8 Å². The summed E-state index contributed by atoms with van der Waals surface area (Å²) < 4.78 is 10.8. The molecule has 0 radical (unpaired) electrons. The zero-order chi connectivity index (χ0) is 16.2. The van der Waals surface area contributed by atoms with Gasteiger partial charge >= 0.3 is 0 Å². The zero-order valence-corrected chi connectivity index (χ0v) is 14.4. The van der Waals surface area contributed by atoms with E-state index >= 15 is 0 Å². The topological polar surface area (TPSA) is 62.8 Å². The highest BCUT2D eigenvalue weighted by atomic mass is 16.5. The van der Waals surface area contributed by atoms with Crippen molar-refractivity contribution < 1.29 is 14.3 Å². The first-order chi connectivity index (χ1) is 10.6. The molecule has 0 atom stereocenters. The quantitative estimate of drug-likeness (QED) is 0.480. The van der Waals surface area contributed by atoms with Gasteiger partial charge in [-0.25, -0.2) is 0 Å². The van der Waals surface area contributed by atoms with Gasteiger partial charge in [-0.15, -0.1) is 0 Å². The fourth-order valence-corrected chi connectivity index (χ4v) is 2.43. The minimum Gasteiger partial charge on any atom is -0.378 e. The average molecular weight is 315 g/mol. The summed E-state index contributed by atoms with van der Waals surface area (Å²) >= 11 is 0. The largest absolute Gasteiger partial charge is 0.378 e. The molecule has 1 amide bonds. The number of hydrogen-bond donors (Lipinski definition) is 2. The van der Waals surface area contributed by atoms with Gasteiger partial charge in [0.15, 0.2) is 0 Å². The van der Waals surface area contributed by atoms with Crippen LogP contribution in [0.15, 0.2) is 0 Å². The number of likely N-dealkylation sites (tertiary alicyclic amines) is 1. The van der Waals surface area contributed by atoms with Gasteiger partial charge in [0.2, 0.25) is 5.91 Å². The molecule has 0 spiro atoms. The summed E-state index contributed by atoms with van der Waals surface area (Å²) in [4.78, 5) is 14.2. The van der Waals surface area contributed by atoms with Crippen LogP contribution in [0.4, 0.5) is 0 Å². The zero-order valence-electron chi connectivity index (χ0n) is 14.4.